The lowest BCUT2D eigenvalue weighted by molar-refractivity contribution is -0.115. The van der Waals surface area contributed by atoms with Crippen LogP contribution in [0.5, 0.6) is 11.5 Å². The fourth-order valence-electron chi connectivity index (χ4n) is 2.61. The van der Waals surface area contributed by atoms with E-state index in [4.69, 9.17) is 9.47 Å². The van der Waals surface area contributed by atoms with Crippen LogP contribution in [-0.4, -0.2) is 19.6 Å². The van der Waals surface area contributed by atoms with Gasteiger partial charge in [0.05, 0.1) is 20.1 Å². The van der Waals surface area contributed by atoms with Gasteiger partial charge in [0.2, 0.25) is 5.91 Å². The predicted molar refractivity (Wildman–Crippen MR) is 85.6 cm³/mol. The molecule has 1 heterocycles. The fraction of sp³-hybridized carbons (Fsp3) is 0.278. The summed E-state index contributed by atoms with van der Waals surface area (Å²) in [6.45, 7) is 0.772. The van der Waals surface area contributed by atoms with Crippen LogP contribution in [0.15, 0.2) is 42.5 Å². The van der Waals surface area contributed by atoms with Crippen molar-refractivity contribution in [3.8, 4) is 11.5 Å². The Bertz CT molecular complexity index is 682. The van der Waals surface area contributed by atoms with Gasteiger partial charge >= 0.3 is 0 Å². The zero-order valence-corrected chi connectivity index (χ0v) is 12.6. The molecule has 0 saturated heterocycles. The highest BCUT2D eigenvalue weighted by Crippen LogP contribution is 2.27. The van der Waals surface area contributed by atoms with E-state index in [0.29, 0.717) is 6.42 Å². The number of nitrogens with one attached hydrogen (secondary N) is 1. The monoisotopic (exact) mass is 297 g/mol. The summed E-state index contributed by atoms with van der Waals surface area (Å²) in [4.78, 5) is 12.2. The molecule has 2 aromatic carbocycles. The summed E-state index contributed by atoms with van der Waals surface area (Å²) < 4.78 is 10.7. The number of hydrogen-bond donors (Lipinski definition) is 1. The van der Waals surface area contributed by atoms with E-state index >= 15 is 0 Å². The average Bonchev–Trinajstić information content (AvgIpc) is 2.55. The van der Waals surface area contributed by atoms with Crippen LogP contribution in [0.25, 0.3) is 0 Å². The second kappa shape index (κ2) is 6.52. The smallest absolute Gasteiger partial charge is 0.228 e. The maximum atomic E-state index is 12.2. The van der Waals surface area contributed by atoms with Gasteiger partial charge in [-0.1, -0.05) is 12.1 Å². The van der Waals surface area contributed by atoms with Crippen LogP contribution in [0.1, 0.15) is 17.5 Å². The maximum Gasteiger partial charge on any atom is 0.228 e. The Morgan fingerprint density at radius 1 is 1.27 bits per heavy atom. The van der Waals surface area contributed by atoms with Crippen LogP contribution < -0.4 is 14.8 Å². The van der Waals surface area contributed by atoms with Gasteiger partial charge in [-0.2, -0.15) is 0 Å². The lowest BCUT2D eigenvalue weighted by Crippen LogP contribution is -2.15. The van der Waals surface area contributed by atoms with Gasteiger partial charge in [0.1, 0.15) is 11.5 Å². The molecule has 0 radical (unpaired) electrons. The van der Waals surface area contributed by atoms with Crippen molar-refractivity contribution in [3.05, 3.63) is 53.6 Å². The van der Waals surface area contributed by atoms with Crippen molar-refractivity contribution in [2.24, 2.45) is 0 Å². The van der Waals surface area contributed by atoms with Crippen molar-refractivity contribution in [1.82, 2.24) is 0 Å². The van der Waals surface area contributed by atoms with Crippen molar-refractivity contribution < 1.29 is 14.3 Å². The Morgan fingerprint density at radius 3 is 3.05 bits per heavy atom. The second-order valence-corrected chi connectivity index (χ2v) is 5.35. The number of fused-ring (bicyclic) bond motifs is 1. The molecular formula is C18H19NO3. The minimum absolute atomic E-state index is 0.0371. The van der Waals surface area contributed by atoms with Gasteiger partial charge in [-0.3, -0.25) is 4.79 Å². The van der Waals surface area contributed by atoms with Gasteiger partial charge in [-0.05, 0) is 54.3 Å². The first-order valence-electron chi connectivity index (χ1n) is 7.43. The summed E-state index contributed by atoms with van der Waals surface area (Å²) in [5, 5.41) is 2.94. The molecule has 0 aliphatic carbocycles. The zero-order chi connectivity index (χ0) is 15.4. The summed E-state index contributed by atoms with van der Waals surface area (Å²) in [6, 6.07) is 13.4. The van der Waals surface area contributed by atoms with Gasteiger partial charge in [0, 0.05) is 5.69 Å². The van der Waals surface area contributed by atoms with Crippen LogP contribution >= 0.6 is 0 Å². The van der Waals surface area contributed by atoms with E-state index < -0.39 is 0 Å². The first kappa shape index (κ1) is 14.4. The number of carbonyl (C=O) groups is 1. The van der Waals surface area contributed by atoms with E-state index in [1.54, 1.807) is 7.11 Å². The van der Waals surface area contributed by atoms with Crippen LogP contribution in [0, 0.1) is 0 Å². The van der Waals surface area contributed by atoms with E-state index in [1.807, 2.05) is 42.5 Å². The Balaban J connectivity index is 1.66. The predicted octanol–water partition coefficient (Wildman–Crippen LogP) is 3.20. The lowest BCUT2D eigenvalue weighted by atomic mass is 10.1. The zero-order valence-electron chi connectivity index (χ0n) is 12.6. The maximum absolute atomic E-state index is 12.2. The summed E-state index contributed by atoms with van der Waals surface area (Å²) >= 11 is 0. The van der Waals surface area contributed by atoms with E-state index in [1.165, 1.54) is 0 Å². The molecule has 0 aromatic heterocycles. The van der Waals surface area contributed by atoms with Gasteiger partial charge in [0.15, 0.2) is 0 Å². The standard InChI is InChI=1S/C18H19NO3/c1-21-16-6-2-4-13(10-16)11-18(20)19-15-7-8-17-14(12-15)5-3-9-22-17/h2,4,6-8,10,12H,3,5,9,11H2,1H3,(H,19,20). The molecule has 0 unspecified atom stereocenters. The van der Waals surface area contributed by atoms with Gasteiger partial charge < -0.3 is 14.8 Å². The molecule has 2 aromatic rings. The minimum Gasteiger partial charge on any atom is -0.497 e. The van der Waals surface area contributed by atoms with E-state index in [-0.39, 0.29) is 5.91 Å². The summed E-state index contributed by atoms with van der Waals surface area (Å²) in [5.41, 5.74) is 2.90. The number of carbonyl (C=O) groups excluding carboxylic acids is 1. The quantitative estimate of drug-likeness (QED) is 0.942. The molecule has 0 fully saturated rings. The summed E-state index contributed by atoms with van der Waals surface area (Å²) in [5.74, 6) is 1.65. The van der Waals surface area contributed by atoms with Crippen molar-refractivity contribution in [1.29, 1.82) is 0 Å². The van der Waals surface area contributed by atoms with Crippen molar-refractivity contribution in [3.63, 3.8) is 0 Å². The first-order valence-corrected chi connectivity index (χ1v) is 7.43. The Labute approximate surface area is 130 Å². The average molecular weight is 297 g/mol. The topological polar surface area (TPSA) is 47.6 Å². The number of anilines is 1. The van der Waals surface area contributed by atoms with E-state index in [9.17, 15) is 4.79 Å². The SMILES string of the molecule is COc1cccc(CC(=O)Nc2ccc3c(c2)CCCO3)c1. The summed E-state index contributed by atoms with van der Waals surface area (Å²) in [7, 11) is 1.62. The number of benzene rings is 2. The molecule has 1 amide bonds. The van der Waals surface area contributed by atoms with Gasteiger partial charge in [0.25, 0.3) is 0 Å². The molecule has 4 heteroatoms. The van der Waals surface area contributed by atoms with Crippen molar-refractivity contribution >= 4 is 11.6 Å². The number of hydrogen-bond acceptors (Lipinski definition) is 3. The second-order valence-electron chi connectivity index (χ2n) is 5.35. The molecule has 1 N–H and O–H groups in total. The number of ether oxygens (including phenoxy) is 2. The molecule has 114 valence electrons. The first-order chi connectivity index (χ1) is 10.7. The number of methoxy groups -OCH3 is 1. The Morgan fingerprint density at radius 2 is 2.18 bits per heavy atom. The summed E-state index contributed by atoms with van der Waals surface area (Å²) in [6.07, 6.45) is 2.34. The molecule has 1 aliphatic heterocycles. The highest BCUT2D eigenvalue weighted by molar-refractivity contribution is 5.92. The number of aryl methyl sites for hydroxylation is 1. The van der Waals surface area contributed by atoms with Crippen LogP contribution in [0.3, 0.4) is 0 Å². The van der Waals surface area contributed by atoms with Gasteiger partial charge in [-0.25, -0.2) is 0 Å². The highest BCUT2D eigenvalue weighted by Gasteiger charge is 2.12. The number of rotatable bonds is 4. The fourth-order valence-corrected chi connectivity index (χ4v) is 2.61. The highest BCUT2D eigenvalue weighted by atomic mass is 16.5. The molecular weight excluding hydrogens is 278 g/mol. The van der Waals surface area contributed by atoms with Crippen LogP contribution in [0.4, 0.5) is 5.69 Å². The molecule has 22 heavy (non-hydrogen) atoms. The number of amides is 1. The minimum atomic E-state index is -0.0371. The van der Waals surface area contributed by atoms with E-state index in [2.05, 4.69) is 5.32 Å². The largest absolute Gasteiger partial charge is 0.497 e. The Hall–Kier alpha value is -2.49. The molecule has 3 rings (SSSR count). The van der Waals surface area contributed by atoms with Crippen LogP contribution in [0.2, 0.25) is 0 Å². The molecule has 4 nitrogen and oxygen atoms in total. The third kappa shape index (κ3) is 3.39. The van der Waals surface area contributed by atoms with Crippen molar-refractivity contribution in [2.75, 3.05) is 19.0 Å². The molecule has 1 aliphatic rings. The Kier molecular flexibility index (Phi) is 4.28. The van der Waals surface area contributed by atoms with Gasteiger partial charge in [-0.15, -0.1) is 0 Å². The van der Waals surface area contributed by atoms with Crippen molar-refractivity contribution in [2.45, 2.75) is 19.3 Å². The van der Waals surface area contributed by atoms with E-state index in [0.717, 1.165) is 47.8 Å². The molecule has 0 bridgehead atoms. The molecule has 0 spiro atoms. The third-order valence-electron chi connectivity index (χ3n) is 3.69. The van der Waals surface area contributed by atoms with Crippen LogP contribution in [-0.2, 0) is 17.6 Å². The normalized spacial score (nSPS) is 13.0. The molecule has 0 saturated carbocycles. The third-order valence-corrected chi connectivity index (χ3v) is 3.69. The molecule has 0 atom stereocenters. The lowest BCUT2D eigenvalue weighted by Gasteiger charge is -2.18.